The minimum Gasteiger partial charge on any atom is -0.483 e. The van der Waals surface area contributed by atoms with Crippen LogP contribution in [0.4, 0.5) is 13.2 Å². The summed E-state index contributed by atoms with van der Waals surface area (Å²) in [5.74, 6) is -1.70. The van der Waals surface area contributed by atoms with E-state index in [0.717, 1.165) is 16.7 Å². The number of nitrogens with one attached hydrogen (secondary N) is 1. The summed E-state index contributed by atoms with van der Waals surface area (Å²) in [5.41, 5.74) is 2.82. The topological polar surface area (TPSA) is 78.8 Å². The van der Waals surface area contributed by atoms with E-state index in [4.69, 9.17) is 4.74 Å². The summed E-state index contributed by atoms with van der Waals surface area (Å²) < 4.78 is 42.4. The Hall–Kier alpha value is -3.36. The number of halogens is 3. The highest BCUT2D eigenvalue weighted by atomic mass is 19.4. The number of hydrogen-bond acceptors (Lipinski definition) is 4. The van der Waals surface area contributed by atoms with E-state index in [1.165, 1.54) is 18.2 Å². The second kappa shape index (κ2) is 11.2. The first-order valence-corrected chi connectivity index (χ1v) is 10.7. The van der Waals surface area contributed by atoms with Crippen molar-refractivity contribution in [3.8, 4) is 16.9 Å². The van der Waals surface area contributed by atoms with Crippen LogP contribution >= 0.6 is 0 Å². The number of ether oxygens (including phenoxy) is 1. The predicted molar refractivity (Wildman–Crippen MR) is 123 cm³/mol. The van der Waals surface area contributed by atoms with Crippen LogP contribution in [-0.2, 0) is 6.42 Å². The third-order valence-corrected chi connectivity index (χ3v) is 5.28. The lowest BCUT2D eigenvalue weighted by molar-refractivity contribution is -0.153. The van der Waals surface area contributed by atoms with E-state index in [0.29, 0.717) is 18.5 Å². The van der Waals surface area contributed by atoms with E-state index >= 15 is 0 Å². The third kappa shape index (κ3) is 7.33. The zero-order valence-corrected chi connectivity index (χ0v) is 18.5. The Morgan fingerprint density at radius 1 is 1.00 bits per heavy atom. The smallest absolute Gasteiger partial charge is 0.422 e. The summed E-state index contributed by atoms with van der Waals surface area (Å²) in [5, 5.41) is 22.8. The molecule has 0 aromatic heterocycles. The van der Waals surface area contributed by atoms with Gasteiger partial charge in [0.05, 0.1) is 6.10 Å². The monoisotopic (exact) mass is 473 g/mol. The number of carbonyl (C=O) groups is 1. The van der Waals surface area contributed by atoms with Crippen molar-refractivity contribution in [2.75, 3.05) is 13.2 Å². The highest BCUT2D eigenvalue weighted by Crippen LogP contribution is 2.29. The Bertz CT molecular complexity index is 1090. The minimum absolute atomic E-state index is 0.0985. The summed E-state index contributed by atoms with van der Waals surface area (Å²) in [6.07, 6.45) is -4.47. The zero-order chi connectivity index (χ0) is 24.7. The maximum atomic E-state index is 12.5. The van der Waals surface area contributed by atoms with Crippen LogP contribution in [-0.4, -0.2) is 41.6 Å². The lowest BCUT2D eigenvalue weighted by Crippen LogP contribution is -2.32. The molecule has 0 aliphatic carbocycles. The number of benzene rings is 3. The quantitative estimate of drug-likeness (QED) is 0.375. The van der Waals surface area contributed by atoms with Gasteiger partial charge < -0.3 is 20.3 Å². The first-order chi connectivity index (χ1) is 16.1. The molecule has 34 heavy (non-hydrogen) atoms. The number of aliphatic hydroxyl groups excluding tert-OH is 1. The standard InChI is InChI=1S/C26H26F3NO4/c1-17(30-15-23(31)20-5-3-2-4-6-20)13-18-7-9-19(10-8-18)21-11-12-22(25(32)33)24(14-21)34-16-26(27,28)29/h2-12,14,17,23,30-31H,13,15-16H2,1H3,(H,32,33)/t17-,23+/m1/s1. The van der Waals surface area contributed by atoms with Crippen molar-refractivity contribution in [2.45, 2.75) is 31.7 Å². The maximum Gasteiger partial charge on any atom is 0.422 e. The lowest BCUT2D eigenvalue weighted by Gasteiger charge is -2.18. The van der Waals surface area contributed by atoms with E-state index in [2.05, 4.69) is 5.32 Å². The summed E-state index contributed by atoms with van der Waals surface area (Å²) in [4.78, 5) is 11.3. The molecule has 0 aliphatic rings. The molecular formula is C26H26F3NO4. The van der Waals surface area contributed by atoms with Crippen LogP contribution in [0.2, 0.25) is 0 Å². The molecule has 0 unspecified atom stereocenters. The van der Waals surface area contributed by atoms with Crippen LogP contribution in [0.25, 0.3) is 11.1 Å². The molecule has 3 aromatic rings. The maximum absolute atomic E-state index is 12.5. The molecular weight excluding hydrogens is 447 g/mol. The van der Waals surface area contributed by atoms with Crippen molar-refractivity contribution in [2.24, 2.45) is 0 Å². The number of carboxylic acid groups (broad SMARTS) is 1. The zero-order valence-electron chi connectivity index (χ0n) is 18.5. The van der Waals surface area contributed by atoms with Crippen LogP contribution in [0.1, 0.15) is 34.5 Å². The molecule has 3 rings (SSSR count). The fraction of sp³-hybridized carbons (Fsp3) is 0.269. The lowest BCUT2D eigenvalue weighted by atomic mass is 9.99. The van der Waals surface area contributed by atoms with Crippen molar-refractivity contribution < 1.29 is 32.9 Å². The van der Waals surface area contributed by atoms with Crippen LogP contribution in [0.5, 0.6) is 5.75 Å². The van der Waals surface area contributed by atoms with Crippen LogP contribution in [0.3, 0.4) is 0 Å². The summed E-state index contributed by atoms with van der Waals surface area (Å²) in [6.45, 7) is 0.861. The van der Waals surface area contributed by atoms with Gasteiger partial charge in [0.2, 0.25) is 0 Å². The molecule has 0 spiro atoms. The van der Waals surface area contributed by atoms with Gasteiger partial charge in [-0.3, -0.25) is 0 Å². The normalized spacial score (nSPS) is 13.3. The van der Waals surface area contributed by atoms with E-state index in [-0.39, 0.29) is 17.4 Å². The summed E-state index contributed by atoms with van der Waals surface area (Å²) in [6, 6.07) is 21.0. The van der Waals surface area contributed by atoms with Gasteiger partial charge in [-0.1, -0.05) is 60.7 Å². The molecule has 0 saturated carbocycles. The highest BCUT2D eigenvalue weighted by molar-refractivity contribution is 5.92. The molecule has 0 saturated heterocycles. The number of hydrogen-bond donors (Lipinski definition) is 3. The van der Waals surface area contributed by atoms with Crippen molar-refractivity contribution in [3.05, 3.63) is 89.5 Å². The Kier molecular flexibility index (Phi) is 8.31. The molecule has 0 bridgehead atoms. The van der Waals surface area contributed by atoms with E-state index in [1.807, 2.05) is 61.5 Å². The van der Waals surface area contributed by atoms with Crippen LogP contribution in [0.15, 0.2) is 72.8 Å². The van der Waals surface area contributed by atoms with Gasteiger partial charge in [-0.25, -0.2) is 4.79 Å². The average molecular weight is 473 g/mol. The van der Waals surface area contributed by atoms with Crippen molar-refractivity contribution >= 4 is 5.97 Å². The first kappa shape index (κ1) is 25.3. The number of aliphatic hydroxyl groups is 1. The van der Waals surface area contributed by atoms with E-state index in [1.54, 1.807) is 0 Å². The molecule has 0 amide bonds. The number of alkyl halides is 3. The summed E-state index contributed by atoms with van der Waals surface area (Å²) in [7, 11) is 0. The van der Waals surface area contributed by atoms with Crippen LogP contribution < -0.4 is 10.1 Å². The minimum atomic E-state index is -4.57. The molecule has 0 radical (unpaired) electrons. The van der Waals surface area contributed by atoms with E-state index in [9.17, 15) is 28.2 Å². The molecule has 5 nitrogen and oxygen atoms in total. The van der Waals surface area contributed by atoms with Gasteiger partial charge in [0.1, 0.15) is 11.3 Å². The van der Waals surface area contributed by atoms with Gasteiger partial charge in [-0.2, -0.15) is 13.2 Å². The second-order valence-electron chi connectivity index (χ2n) is 8.06. The highest BCUT2D eigenvalue weighted by Gasteiger charge is 2.29. The van der Waals surface area contributed by atoms with Gasteiger partial charge in [-0.15, -0.1) is 0 Å². The Labute approximate surface area is 195 Å². The van der Waals surface area contributed by atoms with Gasteiger partial charge >= 0.3 is 12.1 Å². The summed E-state index contributed by atoms with van der Waals surface area (Å²) >= 11 is 0. The molecule has 3 aromatic carbocycles. The van der Waals surface area contributed by atoms with Crippen molar-refractivity contribution in [1.82, 2.24) is 5.32 Å². The SMILES string of the molecule is C[C@H](Cc1ccc(-c2ccc(C(=O)O)c(OCC(F)(F)F)c2)cc1)NC[C@H](O)c1ccccc1. The van der Waals surface area contributed by atoms with Crippen molar-refractivity contribution in [1.29, 1.82) is 0 Å². The predicted octanol–water partition coefficient (Wildman–Crippen LogP) is 5.25. The second-order valence-corrected chi connectivity index (χ2v) is 8.06. The Balaban J connectivity index is 1.63. The number of aromatic carboxylic acids is 1. The number of carboxylic acids is 1. The third-order valence-electron chi connectivity index (χ3n) is 5.28. The van der Waals surface area contributed by atoms with Gasteiger partial charge in [0.15, 0.2) is 6.61 Å². The largest absolute Gasteiger partial charge is 0.483 e. The molecule has 0 heterocycles. The van der Waals surface area contributed by atoms with Gasteiger partial charge in [-0.05, 0) is 47.7 Å². The Morgan fingerprint density at radius 3 is 2.26 bits per heavy atom. The van der Waals surface area contributed by atoms with Gasteiger partial charge in [0, 0.05) is 12.6 Å². The van der Waals surface area contributed by atoms with E-state index < -0.39 is 24.9 Å². The first-order valence-electron chi connectivity index (χ1n) is 10.7. The molecule has 8 heteroatoms. The Morgan fingerprint density at radius 2 is 1.65 bits per heavy atom. The number of rotatable bonds is 10. The molecule has 0 fully saturated rings. The molecule has 2 atom stereocenters. The fourth-order valence-corrected chi connectivity index (χ4v) is 3.52. The van der Waals surface area contributed by atoms with Gasteiger partial charge in [0.25, 0.3) is 0 Å². The van der Waals surface area contributed by atoms with Crippen LogP contribution in [0, 0.1) is 0 Å². The molecule has 0 aliphatic heterocycles. The molecule has 180 valence electrons. The average Bonchev–Trinajstić information content (AvgIpc) is 2.81. The fourth-order valence-electron chi connectivity index (χ4n) is 3.52. The molecule has 3 N–H and O–H groups in total. The van der Waals surface area contributed by atoms with Crippen molar-refractivity contribution in [3.63, 3.8) is 0 Å².